The first-order valence-electron chi connectivity index (χ1n) is 6.92. The Hall–Kier alpha value is -2.13. The summed E-state index contributed by atoms with van der Waals surface area (Å²) in [6, 6.07) is 5.91. The highest BCUT2D eigenvalue weighted by Crippen LogP contribution is 2.27. The molecule has 0 saturated heterocycles. The Bertz CT molecular complexity index is 794. The number of thioether (sulfide) groups is 1. The van der Waals surface area contributed by atoms with Gasteiger partial charge in [-0.05, 0) is 11.4 Å². The van der Waals surface area contributed by atoms with Gasteiger partial charge in [-0.3, -0.25) is 4.79 Å². The fraction of sp³-hybridized carbons (Fsp3) is 0.286. The van der Waals surface area contributed by atoms with E-state index in [2.05, 4.69) is 15.4 Å². The van der Waals surface area contributed by atoms with Gasteiger partial charge in [0, 0.05) is 31.7 Å². The van der Waals surface area contributed by atoms with E-state index in [-0.39, 0.29) is 12.3 Å². The summed E-state index contributed by atoms with van der Waals surface area (Å²) in [5.41, 5.74) is 6.00. The Morgan fingerprint density at radius 1 is 1.48 bits per heavy atom. The molecule has 0 aliphatic rings. The van der Waals surface area contributed by atoms with Crippen LogP contribution in [0.5, 0.6) is 0 Å². The molecule has 7 nitrogen and oxygen atoms in total. The van der Waals surface area contributed by atoms with Crippen LogP contribution >= 0.6 is 23.1 Å². The fourth-order valence-corrected chi connectivity index (χ4v) is 3.46. The SMILES string of the molecule is Cn1c(CCC(N)=O)nnc1SCc1cc(-c2cccs2)on1. The summed E-state index contributed by atoms with van der Waals surface area (Å²) in [5, 5.41) is 15.1. The van der Waals surface area contributed by atoms with Crippen LogP contribution in [0, 0.1) is 0 Å². The number of carbonyl (C=O) groups excluding carboxylic acids is 1. The number of primary amides is 1. The first kappa shape index (κ1) is 15.8. The number of hydrogen-bond acceptors (Lipinski definition) is 7. The molecule has 9 heteroatoms. The predicted molar refractivity (Wildman–Crippen MR) is 87.9 cm³/mol. The molecule has 120 valence electrons. The van der Waals surface area contributed by atoms with E-state index in [4.69, 9.17) is 10.3 Å². The highest BCUT2D eigenvalue weighted by Gasteiger charge is 2.12. The normalized spacial score (nSPS) is 11.0. The molecular weight excluding hydrogens is 334 g/mol. The van der Waals surface area contributed by atoms with Crippen LogP contribution in [0.15, 0.2) is 33.3 Å². The van der Waals surface area contributed by atoms with Gasteiger partial charge in [-0.1, -0.05) is 23.0 Å². The van der Waals surface area contributed by atoms with Crippen molar-refractivity contribution < 1.29 is 9.32 Å². The topological polar surface area (TPSA) is 99.8 Å². The Labute approximate surface area is 140 Å². The molecule has 0 atom stereocenters. The van der Waals surface area contributed by atoms with Gasteiger partial charge in [0.25, 0.3) is 0 Å². The minimum atomic E-state index is -0.342. The summed E-state index contributed by atoms with van der Waals surface area (Å²) in [7, 11) is 1.87. The van der Waals surface area contributed by atoms with Crippen LogP contribution < -0.4 is 5.73 Å². The van der Waals surface area contributed by atoms with Crippen molar-refractivity contribution in [3.63, 3.8) is 0 Å². The maximum absolute atomic E-state index is 10.8. The van der Waals surface area contributed by atoms with E-state index in [0.29, 0.717) is 12.2 Å². The van der Waals surface area contributed by atoms with Crippen molar-refractivity contribution in [2.45, 2.75) is 23.8 Å². The lowest BCUT2D eigenvalue weighted by molar-refractivity contribution is -0.118. The lowest BCUT2D eigenvalue weighted by Gasteiger charge is -2.01. The molecule has 0 aliphatic carbocycles. The van der Waals surface area contributed by atoms with Gasteiger partial charge in [0.15, 0.2) is 10.9 Å². The molecule has 0 spiro atoms. The van der Waals surface area contributed by atoms with Gasteiger partial charge in [0.2, 0.25) is 5.91 Å². The summed E-state index contributed by atoms with van der Waals surface area (Å²) in [6.45, 7) is 0. The van der Waals surface area contributed by atoms with Crippen LogP contribution in [0.2, 0.25) is 0 Å². The van der Waals surface area contributed by atoms with Crippen molar-refractivity contribution in [3.8, 4) is 10.6 Å². The maximum atomic E-state index is 10.8. The van der Waals surface area contributed by atoms with Gasteiger partial charge in [0.1, 0.15) is 5.82 Å². The molecule has 0 fully saturated rings. The van der Waals surface area contributed by atoms with Crippen molar-refractivity contribution in [2.24, 2.45) is 12.8 Å². The largest absolute Gasteiger partial charge is 0.370 e. The van der Waals surface area contributed by atoms with Crippen LogP contribution in [-0.4, -0.2) is 25.8 Å². The number of nitrogens with zero attached hydrogens (tertiary/aromatic N) is 4. The van der Waals surface area contributed by atoms with Crippen molar-refractivity contribution in [1.29, 1.82) is 0 Å². The van der Waals surface area contributed by atoms with E-state index < -0.39 is 0 Å². The van der Waals surface area contributed by atoms with E-state index in [1.807, 2.05) is 35.2 Å². The lowest BCUT2D eigenvalue weighted by atomic mass is 10.3. The van der Waals surface area contributed by atoms with Crippen LogP contribution in [-0.2, 0) is 24.0 Å². The second-order valence-corrected chi connectivity index (χ2v) is 6.76. The molecule has 0 aliphatic heterocycles. The number of thiophene rings is 1. The molecule has 23 heavy (non-hydrogen) atoms. The van der Waals surface area contributed by atoms with Crippen LogP contribution in [0.25, 0.3) is 10.6 Å². The summed E-state index contributed by atoms with van der Waals surface area (Å²) in [6.07, 6.45) is 0.760. The quantitative estimate of drug-likeness (QED) is 0.657. The molecule has 2 N–H and O–H groups in total. The van der Waals surface area contributed by atoms with Crippen molar-refractivity contribution in [3.05, 3.63) is 35.1 Å². The number of nitrogens with two attached hydrogens (primary N) is 1. The first-order chi connectivity index (χ1) is 11.1. The van der Waals surface area contributed by atoms with Crippen molar-refractivity contribution >= 4 is 29.0 Å². The third-order valence-electron chi connectivity index (χ3n) is 3.19. The summed E-state index contributed by atoms with van der Waals surface area (Å²) in [5.74, 6) is 1.81. The maximum Gasteiger partial charge on any atom is 0.217 e. The summed E-state index contributed by atoms with van der Waals surface area (Å²) in [4.78, 5) is 11.9. The molecule has 0 radical (unpaired) electrons. The van der Waals surface area contributed by atoms with E-state index in [0.717, 1.165) is 27.3 Å². The standard InChI is InChI=1S/C14H15N5O2S2/c1-19-13(5-4-12(15)20)16-17-14(19)23-8-9-7-10(21-18-9)11-3-2-6-22-11/h2-3,6-7H,4-5,8H2,1H3,(H2,15,20). The first-order valence-corrected chi connectivity index (χ1v) is 8.79. The molecule has 1 amide bonds. The third-order valence-corrected chi connectivity index (χ3v) is 5.13. The Morgan fingerprint density at radius 3 is 3.09 bits per heavy atom. The average molecular weight is 349 g/mol. The van der Waals surface area contributed by atoms with Gasteiger partial charge in [0.05, 0.1) is 10.6 Å². The number of carbonyl (C=O) groups is 1. The van der Waals surface area contributed by atoms with Gasteiger partial charge < -0.3 is 14.8 Å². The van der Waals surface area contributed by atoms with E-state index >= 15 is 0 Å². The minimum absolute atomic E-state index is 0.268. The van der Waals surface area contributed by atoms with E-state index in [9.17, 15) is 4.79 Å². The Balaban J connectivity index is 1.61. The molecule has 3 aromatic rings. The molecule has 0 bridgehead atoms. The lowest BCUT2D eigenvalue weighted by Crippen LogP contribution is -2.12. The molecule has 0 aromatic carbocycles. The molecule has 3 heterocycles. The van der Waals surface area contributed by atoms with Gasteiger partial charge in [-0.25, -0.2) is 0 Å². The highest BCUT2D eigenvalue weighted by molar-refractivity contribution is 7.98. The summed E-state index contributed by atoms with van der Waals surface area (Å²) < 4.78 is 7.22. The molecular formula is C14H15N5O2S2. The number of rotatable bonds is 7. The third kappa shape index (κ3) is 3.80. The monoisotopic (exact) mass is 349 g/mol. The van der Waals surface area contributed by atoms with Crippen molar-refractivity contribution in [1.82, 2.24) is 19.9 Å². The zero-order chi connectivity index (χ0) is 16.2. The molecule has 3 aromatic heterocycles. The predicted octanol–water partition coefficient (Wildman–Crippen LogP) is 2.24. The van der Waals surface area contributed by atoms with Crippen LogP contribution in [0.4, 0.5) is 0 Å². The number of amides is 1. The minimum Gasteiger partial charge on any atom is -0.370 e. The zero-order valence-electron chi connectivity index (χ0n) is 12.4. The highest BCUT2D eigenvalue weighted by atomic mass is 32.2. The van der Waals surface area contributed by atoms with Gasteiger partial charge >= 0.3 is 0 Å². The molecule has 0 saturated carbocycles. The van der Waals surface area contributed by atoms with Crippen LogP contribution in [0.1, 0.15) is 17.9 Å². The van der Waals surface area contributed by atoms with Crippen molar-refractivity contribution in [2.75, 3.05) is 0 Å². The number of aromatic nitrogens is 4. The smallest absolute Gasteiger partial charge is 0.217 e. The van der Waals surface area contributed by atoms with E-state index in [1.165, 1.54) is 11.8 Å². The Kier molecular flexibility index (Phi) is 4.77. The average Bonchev–Trinajstić information content (AvgIpc) is 3.25. The number of aryl methyl sites for hydroxylation is 1. The second-order valence-electron chi connectivity index (χ2n) is 4.87. The second kappa shape index (κ2) is 6.97. The zero-order valence-corrected chi connectivity index (χ0v) is 14.1. The fourth-order valence-electron chi connectivity index (χ4n) is 1.98. The molecule has 0 unspecified atom stereocenters. The molecule has 3 rings (SSSR count). The van der Waals surface area contributed by atoms with E-state index in [1.54, 1.807) is 11.3 Å². The number of hydrogen-bond donors (Lipinski definition) is 1. The van der Waals surface area contributed by atoms with Gasteiger partial charge in [-0.2, -0.15) is 0 Å². The summed E-state index contributed by atoms with van der Waals surface area (Å²) >= 11 is 3.13. The van der Waals surface area contributed by atoms with Gasteiger partial charge in [-0.15, -0.1) is 21.5 Å². The van der Waals surface area contributed by atoms with Crippen LogP contribution in [0.3, 0.4) is 0 Å². The Morgan fingerprint density at radius 2 is 2.35 bits per heavy atom.